The predicted octanol–water partition coefficient (Wildman–Crippen LogP) is 3.82. The molecule has 1 rings (SSSR count). The quantitative estimate of drug-likeness (QED) is 0.424. The van der Waals surface area contributed by atoms with Crippen molar-refractivity contribution in [3.8, 4) is 0 Å². The second-order valence-electron chi connectivity index (χ2n) is 4.42. The summed E-state index contributed by atoms with van der Waals surface area (Å²) < 4.78 is 0. The van der Waals surface area contributed by atoms with E-state index in [1.807, 2.05) is 6.08 Å². The van der Waals surface area contributed by atoms with Crippen LogP contribution in [0.1, 0.15) is 51.4 Å². The SMILES string of the molecule is C=CCCCCC/C=C/CCNC1CC1. The summed E-state index contributed by atoms with van der Waals surface area (Å²) in [7, 11) is 0. The molecular weight excluding hydrogens is 182 g/mol. The summed E-state index contributed by atoms with van der Waals surface area (Å²) >= 11 is 0. The fourth-order valence-corrected chi connectivity index (χ4v) is 1.62. The van der Waals surface area contributed by atoms with Crippen LogP contribution in [0, 0.1) is 0 Å². The zero-order chi connectivity index (χ0) is 10.8. The Morgan fingerprint density at radius 3 is 2.47 bits per heavy atom. The molecule has 0 bridgehead atoms. The van der Waals surface area contributed by atoms with Crippen molar-refractivity contribution in [3.05, 3.63) is 24.8 Å². The third-order valence-electron chi connectivity index (χ3n) is 2.77. The topological polar surface area (TPSA) is 12.0 Å². The zero-order valence-corrected chi connectivity index (χ0v) is 9.88. The lowest BCUT2D eigenvalue weighted by molar-refractivity contribution is 0.682. The van der Waals surface area contributed by atoms with Gasteiger partial charge in [-0.2, -0.15) is 0 Å². The Kier molecular flexibility index (Phi) is 7.28. The number of allylic oxidation sites excluding steroid dienone is 2. The predicted molar refractivity (Wildman–Crippen MR) is 68.1 cm³/mol. The molecule has 0 aliphatic heterocycles. The Balaban J connectivity index is 1.73. The van der Waals surface area contributed by atoms with Crippen LogP contribution >= 0.6 is 0 Å². The van der Waals surface area contributed by atoms with Gasteiger partial charge in [0.2, 0.25) is 0 Å². The molecule has 0 radical (unpaired) electrons. The first-order valence-electron chi connectivity index (χ1n) is 6.43. The van der Waals surface area contributed by atoms with E-state index in [1.165, 1.54) is 51.4 Å². The largest absolute Gasteiger partial charge is 0.314 e. The van der Waals surface area contributed by atoms with Crippen LogP contribution in [0.2, 0.25) is 0 Å². The van der Waals surface area contributed by atoms with E-state index < -0.39 is 0 Å². The Labute approximate surface area is 94.6 Å². The van der Waals surface area contributed by atoms with E-state index in [1.54, 1.807) is 0 Å². The second-order valence-corrected chi connectivity index (χ2v) is 4.42. The maximum atomic E-state index is 3.73. The van der Waals surface area contributed by atoms with E-state index in [4.69, 9.17) is 0 Å². The molecule has 0 aromatic rings. The number of nitrogens with one attached hydrogen (secondary N) is 1. The monoisotopic (exact) mass is 207 g/mol. The summed E-state index contributed by atoms with van der Waals surface area (Å²) in [4.78, 5) is 0. The van der Waals surface area contributed by atoms with Crippen molar-refractivity contribution in [1.29, 1.82) is 0 Å². The number of hydrogen-bond donors (Lipinski definition) is 1. The molecule has 1 aliphatic rings. The molecule has 1 aliphatic carbocycles. The number of hydrogen-bond acceptors (Lipinski definition) is 1. The zero-order valence-electron chi connectivity index (χ0n) is 9.88. The summed E-state index contributed by atoms with van der Waals surface area (Å²) in [6.07, 6.45) is 17.1. The first-order chi connectivity index (χ1) is 7.43. The maximum Gasteiger partial charge on any atom is 0.00683 e. The molecule has 1 nitrogen and oxygen atoms in total. The lowest BCUT2D eigenvalue weighted by atomic mass is 10.1. The van der Waals surface area contributed by atoms with Gasteiger partial charge in [0.25, 0.3) is 0 Å². The van der Waals surface area contributed by atoms with Crippen molar-refractivity contribution in [1.82, 2.24) is 5.32 Å². The molecule has 0 amide bonds. The van der Waals surface area contributed by atoms with E-state index in [9.17, 15) is 0 Å². The fourth-order valence-electron chi connectivity index (χ4n) is 1.62. The minimum absolute atomic E-state index is 0.859. The van der Waals surface area contributed by atoms with Gasteiger partial charge in [0.1, 0.15) is 0 Å². The second kappa shape index (κ2) is 8.72. The van der Waals surface area contributed by atoms with E-state index in [0.717, 1.165) is 12.6 Å². The molecule has 86 valence electrons. The molecule has 1 fully saturated rings. The van der Waals surface area contributed by atoms with Crippen LogP contribution in [0.15, 0.2) is 24.8 Å². The highest BCUT2D eigenvalue weighted by Gasteiger charge is 2.19. The molecule has 1 saturated carbocycles. The molecule has 0 aromatic carbocycles. The minimum Gasteiger partial charge on any atom is -0.314 e. The van der Waals surface area contributed by atoms with Gasteiger partial charge in [-0.15, -0.1) is 6.58 Å². The molecule has 0 saturated heterocycles. The summed E-state index contributed by atoms with van der Waals surface area (Å²) in [5.41, 5.74) is 0. The first-order valence-corrected chi connectivity index (χ1v) is 6.43. The van der Waals surface area contributed by atoms with Crippen LogP contribution in [0.25, 0.3) is 0 Å². The van der Waals surface area contributed by atoms with Crippen molar-refractivity contribution in [2.75, 3.05) is 6.54 Å². The van der Waals surface area contributed by atoms with Crippen molar-refractivity contribution in [3.63, 3.8) is 0 Å². The molecule has 15 heavy (non-hydrogen) atoms. The van der Waals surface area contributed by atoms with Crippen LogP contribution in [0.3, 0.4) is 0 Å². The standard InChI is InChI=1S/C14H25N/c1-2-3-4-5-6-7-8-9-10-13-15-14-11-12-14/h2,8-9,14-15H,1,3-7,10-13H2/b9-8+. The van der Waals surface area contributed by atoms with Gasteiger partial charge in [-0.25, -0.2) is 0 Å². The average Bonchev–Trinajstić information content (AvgIpc) is 3.05. The number of rotatable bonds is 10. The van der Waals surface area contributed by atoms with Crippen molar-refractivity contribution in [2.24, 2.45) is 0 Å². The van der Waals surface area contributed by atoms with Crippen LogP contribution in [-0.4, -0.2) is 12.6 Å². The van der Waals surface area contributed by atoms with E-state index in [0.29, 0.717) is 0 Å². The van der Waals surface area contributed by atoms with Crippen LogP contribution in [0.4, 0.5) is 0 Å². The lowest BCUT2D eigenvalue weighted by Gasteiger charge is -1.97. The van der Waals surface area contributed by atoms with Gasteiger partial charge in [-0.05, 0) is 51.5 Å². The van der Waals surface area contributed by atoms with E-state index >= 15 is 0 Å². The van der Waals surface area contributed by atoms with Crippen molar-refractivity contribution >= 4 is 0 Å². The van der Waals surface area contributed by atoms with E-state index in [-0.39, 0.29) is 0 Å². The Morgan fingerprint density at radius 1 is 1.00 bits per heavy atom. The molecule has 0 aromatic heterocycles. The van der Waals surface area contributed by atoms with Crippen molar-refractivity contribution in [2.45, 2.75) is 57.4 Å². The molecule has 1 N–H and O–H groups in total. The third kappa shape index (κ3) is 8.44. The summed E-state index contributed by atoms with van der Waals surface area (Å²) in [6, 6.07) is 0.859. The highest BCUT2D eigenvalue weighted by Crippen LogP contribution is 2.18. The van der Waals surface area contributed by atoms with Crippen LogP contribution < -0.4 is 5.32 Å². The molecule has 1 heteroatoms. The van der Waals surface area contributed by atoms with Crippen LogP contribution in [0.5, 0.6) is 0 Å². The average molecular weight is 207 g/mol. The maximum absolute atomic E-state index is 3.73. The van der Waals surface area contributed by atoms with Gasteiger partial charge < -0.3 is 5.32 Å². The van der Waals surface area contributed by atoms with Gasteiger partial charge >= 0.3 is 0 Å². The van der Waals surface area contributed by atoms with E-state index in [2.05, 4.69) is 24.0 Å². The Bertz CT molecular complexity index is 180. The highest BCUT2D eigenvalue weighted by molar-refractivity contribution is 4.85. The van der Waals surface area contributed by atoms with Gasteiger partial charge in [0, 0.05) is 6.04 Å². The van der Waals surface area contributed by atoms with Gasteiger partial charge in [-0.1, -0.05) is 24.6 Å². The number of unbranched alkanes of at least 4 members (excludes halogenated alkanes) is 4. The Hall–Kier alpha value is -0.560. The van der Waals surface area contributed by atoms with Gasteiger partial charge in [-0.3, -0.25) is 0 Å². The molecule has 0 atom stereocenters. The molecular formula is C14H25N. The highest BCUT2D eigenvalue weighted by atomic mass is 14.9. The fraction of sp³-hybridized carbons (Fsp3) is 0.714. The first kappa shape index (κ1) is 12.5. The van der Waals surface area contributed by atoms with Gasteiger partial charge in [0.15, 0.2) is 0 Å². The van der Waals surface area contributed by atoms with Crippen LogP contribution in [-0.2, 0) is 0 Å². The molecule has 0 unspecified atom stereocenters. The minimum atomic E-state index is 0.859. The normalized spacial score (nSPS) is 16.0. The summed E-state index contributed by atoms with van der Waals surface area (Å²) in [5, 5.41) is 3.51. The van der Waals surface area contributed by atoms with Crippen molar-refractivity contribution < 1.29 is 0 Å². The summed E-state index contributed by atoms with van der Waals surface area (Å²) in [5.74, 6) is 0. The summed E-state index contributed by atoms with van der Waals surface area (Å²) in [6.45, 7) is 4.89. The molecule has 0 heterocycles. The Morgan fingerprint density at radius 2 is 1.73 bits per heavy atom. The third-order valence-corrected chi connectivity index (χ3v) is 2.77. The lowest BCUT2D eigenvalue weighted by Crippen LogP contribution is -2.16. The van der Waals surface area contributed by atoms with Gasteiger partial charge in [0.05, 0.1) is 0 Å². The smallest absolute Gasteiger partial charge is 0.00683 e. The molecule has 0 spiro atoms.